The van der Waals surface area contributed by atoms with Gasteiger partial charge in [0.05, 0.1) is 16.6 Å². The van der Waals surface area contributed by atoms with Crippen LogP contribution < -0.4 is 0 Å². The molecule has 8 heteroatoms. The van der Waals surface area contributed by atoms with Gasteiger partial charge < -0.3 is 14.6 Å². The first-order chi connectivity index (χ1) is 20.4. The number of carbonyl (C=O) groups excluding carboxylic acids is 1. The third-order valence-electron chi connectivity index (χ3n) is 7.26. The van der Waals surface area contributed by atoms with Crippen molar-refractivity contribution < 1.29 is 14.7 Å². The molecule has 1 unspecified atom stereocenters. The predicted octanol–water partition coefficient (Wildman–Crippen LogP) is 7.91. The third kappa shape index (κ3) is 6.39. The smallest absolute Gasteiger partial charge is 0.336 e. The summed E-state index contributed by atoms with van der Waals surface area (Å²) in [6, 6.07) is 30.8. The summed E-state index contributed by atoms with van der Waals surface area (Å²) in [5, 5.41) is 9.61. The van der Waals surface area contributed by atoms with Gasteiger partial charge in [-0.3, -0.25) is 4.79 Å². The second-order valence-electron chi connectivity index (χ2n) is 10.1. The first kappa shape index (κ1) is 29.8. The number of hydrogen-bond acceptors (Lipinski definition) is 4. The van der Waals surface area contributed by atoms with Crippen molar-refractivity contribution >= 4 is 58.1 Å². The molecular formula is C34H32IN3O3S. The van der Waals surface area contributed by atoms with Crippen LogP contribution in [0.25, 0.3) is 22.2 Å². The van der Waals surface area contributed by atoms with Gasteiger partial charge in [-0.15, -0.1) is 0 Å². The Morgan fingerprint density at radius 3 is 2.38 bits per heavy atom. The maximum Gasteiger partial charge on any atom is 0.336 e. The lowest BCUT2D eigenvalue weighted by atomic mass is 9.99. The van der Waals surface area contributed by atoms with Gasteiger partial charge in [0.15, 0.2) is 0 Å². The molecule has 6 nitrogen and oxygen atoms in total. The summed E-state index contributed by atoms with van der Waals surface area (Å²) >= 11 is 6.76. The topological polar surface area (TPSA) is 75.4 Å². The first-order valence-electron chi connectivity index (χ1n) is 13.9. The van der Waals surface area contributed by atoms with Crippen LogP contribution in [0.4, 0.5) is 0 Å². The van der Waals surface area contributed by atoms with Crippen molar-refractivity contribution in [2.75, 3.05) is 12.3 Å². The number of aromatic carboxylic acids is 1. The molecular weight excluding hydrogens is 657 g/mol. The van der Waals surface area contributed by atoms with Gasteiger partial charge in [0.1, 0.15) is 9.87 Å². The molecule has 0 aliphatic rings. The molecule has 42 heavy (non-hydrogen) atoms. The molecule has 0 radical (unpaired) electrons. The maximum atomic E-state index is 13.9. The van der Waals surface area contributed by atoms with E-state index in [1.54, 1.807) is 12.1 Å². The highest BCUT2D eigenvalue weighted by molar-refractivity contribution is 14.1. The fraction of sp³-hybridized carbons (Fsp3) is 0.206. The zero-order valence-corrected chi connectivity index (χ0v) is 26.3. The summed E-state index contributed by atoms with van der Waals surface area (Å²) in [5.41, 5.74) is 6.34. The largest absolute Gasteiger partial charge is 0.478 e. The van der Waals surface area contributed by atoms with Crippen molar-refractivity contribution in [3.05, 3.63) is 125 Å². The van der Waals surface area contributed by atoms with E-state index in [9.17, 15) is 14.7 Å². The van der Waals surface area contributed by atoms with Crippen LogP contribution in [0.5, 0.6) is 0 Å². The number of fused-ring (bicyclic) bond motifs is 1. The van der Waals surface area contributed by atoms with Gasteiger partial charge in [-0.2, -0.15) is 12.6 Å². The van der Waals surface area contributed by atoms with E-state index in [0.29, 0.717) is 30.0 Å². The van der Waals surface area contributed by atoms with Crippen molar-refractivity contribution in [3.8, 4) is 11.1 Å². The molecule has 5 aromatic rings. The van der Waals surface area contributed by atoms with Crippen LogP contribution in [-0.4, -0.2) is 43.7 Å². The highest BCUT2D eigenvalue weighted by atomic mass is 127. The van der Waals surface area contributed by atoms with Crippen LogP contribution in [0.3, 0.4) is 0 Å². The highest BCUT2D eigenvalue weighted by Crippen LogP contribution is 2.31. The number of amides is 1. The fourth-order valence-corrected chi connectivity index (χ4v) is 6.34. The number of carbonyl (C=O) groups is 2. The minimum Gasteiger partial charge on any atom is -0.478 e. The van der Waals surface area contributed by atoms with Gasteiger partial charge in [-0.1, -0.05) is 102 Å². The number of hydrogen-bond donors (Lipinski definition) is 2. The van der Waals surface area contributed by atoms with E-state index in [4.69, 9.17) is 4.98 Å². The molecule has 0 bridgehead atoms. The van der Waals surface area contributed by atoms with E-state index in [1.807, 2.05) is 89.8 Å². The van der Waals surface area contributed by atoms with E-state index < -0.39 is 5.97 Å². The fourth-order valence-electron chi connectivity index (χ4n) is 5.17. The molecule has 0 fully saturated rings. The summed E-state index contributed by atoms with van der Waals surface area (Å²) in [6.07, 6.45) is 1.76. The number of imidazole rings is 1. The van der Waals surface area contributed by atoms with Crippen LogP contribution in [0, 0.1) is 0 Å². The number of nitrogens with zero attached hydrogens (tertiary/aromatic N) is 3. The Labute approximate surface area is 265 Å². The molecule has 1 N–H and O–H groups in total. The minimum atomic E-state index is -0.945. The number of aromatic nitrogens is 2. The molecule has 1 aromatic heterocycles. The first-order valence-corrected chi connectivity index (χ1v) is 15.8. The summed E-state index contributed by atoms with van der Waals surface area (Å²) in [4.78, 5) is 32.4. The Kier molecular flexibility index (Phi) is 9.64. The Hall–Kier alpha value is -3.63. The Balaban J connectivity index is 1.48. The second kappa shape index (κ2) is 13.6. The number of carboxylic acid groups (broad SMARTS) is 1. The average molecular weight is 690 g/mol. The maximum absolute atomic E-state index is 13.9. The zero-order valence-electron chi connectivity index (χ0n) is 23.3. The zero-order chi connectivity index (χ0) is 29.6. The van der Waals surface area contributed by atoms with Crippen molar-refractivity contribution in [1.29, 1.82) is 0 Å². The van der Waals surface area contributed by atoms with Gasteiger partial charge in [-0.05, 0) is 52.9 Å². The summed E-state index contributed by atoms with van der Waals surface area (Å²) in [7, 11) is 0. The molecule has 214 valence electrons. The van der Waals surface area contributed by atoms with Crippen LogP contribution in [-0.2, 0) is 13.0 Å². The molecule has 0 aliphatic carbocycles. The second-order valence-corrected chi connectivity index (χ2v) is 11.7. The van der Waals surface area contributed by atoms with Gasteiger partial charge in [0, 0.05) is 30.8 Å². The van der Waals surface area contributed by atoms with Crippen molar-refractivity contribution in [2.45, 2.75) is 30.4 Å². The SMILES string of the molecule is CCCc1nc2ccc(C(=O)N(CCS)C(I)c3ccccc3)cc2n1Cc1ccc(-c2ccccc2C(=O)O)cc1. The normalized spacial score (nSPS) is 11.9. The van der Waals surface area contributed by atoms with E-state index in [0.717, 1.165) is 46.4 Å². The molecule has 1 amide bonds. The van der Waals surface area contributed by atoms with Crippen LogP contribution in [0.2, 0.25) is 0 Å². The van der Waals surface area contributed by atoms with E-state index >= 15 is 0 Å². The van der Waals surface area contributed by atoms with E-state index in [2.05, 4.69) is 46.7 Å². The van der Waals surface area contributed by atoms with Crippen LogP contribution in [0.15, 0.2) is 97.1 Å². The predicted molar refractivity (Wildman–Crippen MR) is 180 cm³/mol. The quantitative estimate of drug-likeness (QED) is 0.0640. The van der Waals surface area contributed by atoms with Gasteiger partial charge in [0.2, 0.25) is 0 Å². The Morgan fingerprint density at radius 2 is 1.69 bits per heavy atom. The molecule has 4 aromatic carbocycles. The molecule has 1 atom stereocenters. The third-order valence-corrected chi connectivity index (χ3v) is 8.85. The number of carboxylic acids is 1. The molecule has 5 rings (SSSR count). The van der Waals surface area contributed by atoms with Crippen LogP contribution in [0.1, 0.15) is 55.1 Å². The number of thiol groups is 1. The number of alkyl halides is 1. The van der Waals surface area contributed by atoms with Crippen molar-refractivity contribution in [1.82, 2.24) is 14.5 Å². The van der Waals surface area contributed by atoms with E-state index in [1.165, 1.54) is 0 Å². The highest BCUT2D eigenvalue weighted by Gasteiger charge is 2.24. The number of halogens is 1. The molecule has 1 heterocycles. The average Bonchev–Trinajstić information content (AvgIpc) is 3.36. The lowest BCUT2D eigenvalue weighted by Gasteiger charge is -2.28. The van der Waals surface area contributed by atoms with Gasteiger partial charge in [-0.25, -0.2) is 9.78 Å². The summed E-state index contributed by atoms with van der Waals surface area (Å²) in [6.45, 7) is 3.25. The molecule has 0 aliphatic heterocycles. The lowest BCUT2D eigenvalue weighted by Crippen LogP contribution is -2.34. The van der Waals surface area contributed by atoms with Crippen LogP contribution >= 0.6 is 35.2 Å². The summed E-state index contributed by atoms with van der Waals surface area (Å²) in [5.74, 6) is 0.548. The van der Waals surface area contributed by atoms with Gasteiger partial charge in [0.25, 0.3) is 5.91 Å². The Morgan fingerprint density at radius 1 is 0.976 bits per heavy atom. The van der Waals surface area contributed by atoms with E-state index in [-0.39, 0.29) is 15.5 Å². The summed E-state index contributed by atoms with van der Waals surface area (Å²) < 4.78 is 2.07. The minimum absolute atomic E-state index is 0.0413. The number of rotatable bonds is 11. The Bertz CT molecular complexity index is 1700. The monoisotopic (exact) mass is 689 g/mol. The van der Waals surface area contributed by atoms with Gasteiger partial charge >= 0.3 is 5.97 Å². The standard InChI is InChI=1S/C34H32IN3O3S/c1-2-8-31-36-29-18-17-26(33(39)37(19-20-42)32(35)25-9-4-3-5-10-25)21-30(29)38(31)22-23-13-15-24(16-14-23)27-11-6-7-12-28(27)34(40)41/h3-7,9-18,21,32,42H,2,8,19-20,22H2,1H3,(H,40,41). The lowest BCUT2D eigenvalue weighted by molar-refractivity contribution is 0.0696. The van der Waals surface area contributed by atoms with Crippen molar-refractivity contribution in [3.63, 3.8) is 0 Å². The molecule has 0 saturated carbocycles. The number of benzene rings is 4. The number of aryl methyl sites for hydroxylation is 1. The molecule has 0 spiro atoms. The van der Waals surface area contributed by atoms with Crippen molar-refractivity contribution in [2.24, 2.45) is 0 Å². The molecule has 0 saturated heterocycles.